The third kappa shape index (κ3) is 4.54. The molecular formula is C46H28N2O2. The van der Waals surface area contributed by atoms with Crippen molar-refractivity contribution in [2.75, 3.05) is 0 Å². The summed E-state index contributed by atoms with van der Waals surface area (Å²) in [5.41, 5.74) is 11.9. The number of nitrogens with zero attached hydrogens (tertiary/aromatic N) is 2. The molecule has 0 saturated carbocycles. The lowest BCUT2D eigenvalue weighted by molar-refractivity contribution is 0.659. The first-order valence-corrected chi connectivity index (χ1v) is 16.7. The van der Waals surface area contributed by atoms with Gasteiger partial charge in [-0.15, -0.1) is 0 Å². The standard InChI is InChI=1S/C46H28N2O2/c1-5-15-29(16-6-1)33-23-13-24-34-37-27-38-35-25-14-26-36(43(35)50-45(38)41(44(37)49-42(33)34)32-21-11-4-12-22-32)46-47-39(30-17-7-2-8-18-30)28-40(48-46)31-19-9-3-10-20-31/h1-28H. The Bertz CT molecular complexity index is 2780. The van der Waals surface area contributed by atoms with Crippen LogP contribution in [-0.4, -0.2) is 9.97 Å². The molecule has 0 bridgehead atoms. The molecule has 50 heavy (non-hydrogen) atoms. The van der Waals surface area contributed by atoms with E-state index in [1.54, 1.807) is 0 Å². The summed E-state index contributed by atoms with van der Waals surface area (Å²) < 4.78 is 13.9. The van der Waals surface area contributed by atoms with Crippen molar-refractivity contribution in [3.8, 4) is 56.2 Å². The maximum atomic E-state index is 6.99. The highest BCUT2D eigenvalue weighted by atomic mass is 16.3. The van der Waals surface area contributed by atoms with Crippen LogP contribution in [-0.2, 0) is 0 Å². The Labute approximate surface area is 287 Å². The number of aromatic nitrogens is 2. The molecule has 3 aromatic heterocycles. The highest BCUT2D eigenvalue weighted by Gasteiger charge is 2.24. The van der Waals surface area contributed by atoms with Crippen LogP contribution in [0.15, 0.2) is 179 Å². The number of hydrogen-bond acceptors (Lipinski definition) is 4. The predicted octanol–water partition coefficient (Wildman–Crippen LogP) is 12.6. The molecule has 10 rings (SSSR count). The molecule has 0 N–H and O–H groups in total. The first kappa shape index (κ1) is 28.3. The van der Waals surface area contributed by atoms with Crippen molar-refractivity contribution in [3.05, 3.63) is 170 Å². The SMILES string of the molecule is c1ccc(-c2cc(-c3ccccc3)nc(-c3cccc4c3oc3c(-c5ccccc5)c5oc6c(-c7ccccc7)cccc6c5cc34)n2)cc1. The van der Waals surface area contributed by atoms with Gasteiger partial charge in [-0.05, 0) is 29.3 Å². The fraction of sp³-hybridized carbons (Fsp3) is 0. The Hall–Kier alpha value is -6.78. The van der Waals surface area contributed by atoms with Gasteiger partial charge in [-0.3, -0.25) is 0 Å². The minimum absolute atomic E-state index is 0.609. The van der Waals surface area contributed by atoms with Gasteiger partial charge in [0.1, 0.15) is 22.3 Å². The van der Waals surface area contributed by atoms with Gasteiger partial charge >= 0.3 is 0 Å². The summed E-state index contributed by atoms with van der Waals surface area (Å²) in [4.78, 5) is 10.3. The average Bonchev–Trinajstić information content (AvgIpc) is 3.76. The van der Waals surface area contributed by atoms with Gasteiger partial charge in [-0.2, -0.15) is 0 Å². The molecule has 10 aromatic rings. The summed E-state index contributed by atoms with van der Waals surface area (Å²) in [6.45, 7) is 0. The van der Waals surface area contributed by atoms with Gasteiger partial charge in [-0.25, -0.2) is 9.97 Å². The molecule has 0 saturated heterocycles. The number of benzene rings is 7. The molecule has 7 aromatic carbocycles. The summed E-state index contributed by atoms with van der Waals surface area (Å²) in [6, 6.07) is 58.2. The molecule has 0 atom stereocenters. The molecule has 4 nitrogen and oxygen atoms in total. The Morgan fingerprint density at radius 2 is 0.760 bits per heavy atom. The number of fused-ring (bicyclic) bond motifs is 6. The van der Waals surface area contributed by atoms with Crippen LogP contribution < -0.4 is 0 Å². The van der Waals surface area contributed by atoms with E-state index in [9.17, 15) is 0 Å². The Balaban J connectivity index is 1.27. The van der Waals surface area contributed by atoms with E-state index in [2.05, 4.69) is 121 Å². The van der Waals surface area contributed by atoms with E-state index in [0.717, 1.165) is 94.2 Å². The van der Waals surface area contributed by atoms with Crippen molar-refractivity contribution in [2.45, 2.75) is 0 Å². The second-order valence-corrected chi connectivity index (χ2v) is 12.5. The maximum absolute atomic E-state index is 6.99. The predicted molar refractivity (Wildman–Crippen MR) is 204 cm³/mol. The quantitative estimate of drug-likeness (QED) is 0.188. The second-order valence-electron chi connectivity index (χ2n) is 12.5. The van der Waals surface area contributed by atoms with Gasteiger partial charge in [-0.1, -0.05) is 152 Å². The van der Waals surface area contributed by atoms with Crippen molar-refractivity contribution in [2.24, 2.45) is 0 Å². The first-order valence-electron chi connectivity index (χ1n) is 16.7. The molecule has 0 aliphatic carbocycles. The Kier molecular flexibility index (Phi) is 6.46. The fourth-order valence-electron chi connectivity index (χ4n) is 7.15. The van der Waals surface area contributed by atoms with Crippen LogP contribution in [0.3, 0.4) is 0 Å². The normalized spacial score (nSPS) is 11.6. The van der Waals surface area contributed by atoms with Crippen molar-refractivity contribution in [1.82, 2.24) is 9.97 Å². The summed E-state index contributed by atoms with van der Waals surface area (Å²) in [5, 5.41) is 4.13. The van der Waals surface area contributed by atoms with Crippen LogP contribution in [0.5, 0.6) is 0 Å². The number of furan rings is 2. The molecule has 0 unspecified atom stereocenters. The van der Waals surface area contributed by atoms with Gasteiger partial charge in [0.05, 0.1) is 22.5 Å². The van der Waals surface area contributed by atoms with Crippen LogP contribution in [0.25, 0.3) is 100 Å². The number of hydrogen-bond donors (Lipinski definition) is 0. The molecule has 4 heteroatoms. The Morgan fingerprint density at radius 3 is 1.28 bits per heavy atom. The topological polar surface area (TPSA) is 52.1 Å². The van der Waals surface area contributed by atoms with Gasteiger partial charge in [0.2, 0.25) is 0 Å². The van der Waals surface area contributed by atoms with Crippen molar-refractivity contribution < 1.29 is 8.83 Å². The first-order chi connectivity index (χ1) is 24.8. The molecular weight excluding hydrogens is 613 g/mol. The van der Waals surface area contributed by atoms with Crippen molar-refractivity contribution in [3.63, 3.8) is 0 Å². The highest BCUT2D eigenvalue weighted by molar-refractivity contribution is 6.23. The number of para-hydroxylation sites is 2. The van der Waals surface area contributed by atoms with E-state index < -0.39 is 0 Å². The fourth-order valence-corrected chi connectivity index (χ4v) is 7.15. The van der Waals surface area contributed by atoms with Crippen molar-refractivity contribution >= 4 is 43.9 Å². The van der Waals surface area contributed by atoms with E-state index in [1.807, 2.05) is 48.5 Å². The average molecular weight is 641 g/mol. The summed E-state index contributed by atoms with van der Waals surface area (Å²) in [7, 11) is 0. The van der Waals surface area contributed by atoms with Gasteiger partial charge < -0.3 is 8.83 Å². The lowest BCUT2D eigenvalue weighted by Crippen LogP contribution is -1.96. The second kappa shape index (κ2) is 11.4. The molecule has 0 aliphatic heterocycles. The highest BCUT2D eigenvalue weighted by Crippen LogP contribution is 2.47. The lowest BCUT2D eigenvalue weighted by atomic mass is 9.97. The van der Waals surface area contributed by atoms with Crippen LogP contribution in [0.1, 0.15) is 0 Å². The monoisotopic (exact) mass is 640 g/mol. The van der Waals surface area contributed by atoms with Crippen LogP contribution in [0.2, 0.25) is 0 Å². The van der Waals surface area contributed by atoms with E-state index in [1.165, 1.54) is 0 Å². The third-order valence-corrected chi connectivity index (χ3v) is 9.50. The molecule has 0 radical (unpaired) electrons. The number of rotatable bonds is 5. The minimum Gasteiger partial charge on any atom is -0.455 e. The maximum Gasteiger partial charge on any atom is 0.164 e. The van der Waals surface area contributed by atoms with E-state index in [0.29, 0.717) is 5.82 Å². The zero-order valence-corrected chi connectivity index (χ0v) is 26.9. The molecule has 0 amide bonds. The van der Waals surface area contributed by atoms with E-state index >= 15 is 0 Å². The summed E-state index contributed by atoms with van der Waals surface area (Å²) >= 11 is 0. The van der Waals surface area contributed by atoms with Crippen LogP contribution in [0.4, 0.5) is 0 Å². The zero-order valence-electron chi connectivity index (χ0n) is 26.9. The van der Waals surface area contributed by atoms with Gasteiger partial charge in [0.25, 0.3) is 0 Å². The zero-order chi connectivity index (χ0) is 33.0. The smallest absolute Gasteiger partial charge is 0.164 e. The van der Waals surface area contributed by atoms with Crippen LogP contribution in [0, 0.1) is 0 Å². The third-order valence-electron chi connectivity index (χ3n) is 9.50. The van der Waals surface area contributed by atoms with Gasteiger partial charge in [0, 0.05) is 38.2 Å². The van der Waals surface area contributed by atoms with Gasteiger partial charge in [0.15, 0.2) is 5.82 Å². The summed E-state index contributed by atoms with van der Waals surface area (Å²) in [5.74, 6) is 0.609. The minimum atomic E-state index is 0.609. The molecule has 0 spiro atoms. The lowest BCUT2D eigenvalue weighted by Gasteiger charge is -2.09. The van der Waals surface area contributed by atoms with E-state index in [-0.39, 0.29) is 0 Å². The van der Waals surface area contributed by atoms with E-state index in [4.69, 9.17) is 18.8 Å². The molecule has 0 aliphatic rings. The Morgan fingerprint density at radius 1 is 0.320 bits per heavy atom. The largest absolute Gasteiger partial charge is 0.455 e. The van der Waals surface area contributed by atoms with Crippen molar-refractivity contribution in [1.29, 1.82) is 0 Å². The molecule has 0 fully saturated rings. The summed E-state index contributed by atoms with van der Waals surface area (Å²) in [6.07, 6.45) is 0. The molecule has 3 heterocycles. The molecule has 234 valence electrons. The van der Waals surface area contributed by atoms with Crippen LogP contribution >= 0.6 is 0 Å².